The molecule has 92 valence electrons. The molecule has 1 unspecified atom stereocenters. The largest absolute Gasteiger partial charge is 0.447 e. The lowest BCUT2D eigenvalue weighted by Crippen LogP contribution is -2.51. The number of ether oxygens (including phenoxy) is 1. The molecule has 1 aromatic rings. The summed E-state index contributed by atoms with van der Waals surface area (Å²) in [6, 6.07) is 0.240. The highest BCUT2D eigenvalue weighted by molar-refractivity contribution is 7.09. The predicted octanol–water partition coefficient (Wildman–Crippen LogP) is 1.09. The van der Waals surface area contributed by atoms with Gasteiger partial charge in [0.25, 0.3) is 0 Å². The number of cyclic esters (lactones) is 1. The molecule has 2 fully saturated rings. The van der Waals surface area contributed by atoms with Gasteiger partial charge in [0.15, 0.2) is 0 Å². The number of carbonyl (C=O) groups excluding carboxylic acids is 1. The standard InChI is InChI=1S/C11H15N3O2S/c1-8-10(17-7-12-8)5-13-2-3-14-9(4-13)6-16-11(14)15/h7,9H,2-6H2,1H3. The van der Waals surface area contributed by atoms with E-state index in [9.17, 15) is 4.79 Å². The topological polar surface area (TPSA) is 45.7 Å². The van der Waals surface area contributed by atoms with E-state index in [2.05, 4.69) is 9.88 Å². The molecular weight excluding hydrogens is 238 g/mol. The monoisotopic (exact) mass is 253 g/mol. The van der Waals surface area contributed by atoms with Crippen LogP contribution in [-0.4, -0.2) is 53.2 Å². The fourth-order valence-corrected chi connectivity index (χ4v) is 3.20. The lowest BCUT2D eigenvalue weighted by molar-refractivity contribution is 0.116. The Morgan fingerprint density at radius 2 is 2.47 bits per heavy atom. The summed E-state index contributed by atoms with van der Waals surface area (Å²) in [5, 5.41) is 0. The van der Waals surface area contributed by atoms with Gasteiger partial charge in [-0.3, -0.25) is 9.80 Å². The Bertz CT molecular complexity index is 434. The Labute approximate surface area is 104 Å². The molecule has 17 heavy (non-hydrogen) atoms. The van der Waals surface area contributed by atoms with Crippen molar-refractivity contribution in [3.05, 3.63) is 16.1 Å². The van der Waals surface area contributed by atoms with Gasteiger partial charge in [0.1, 0.15) is 6.61 Å². The van der Waals surface area contributed by atoms with E-state index in [1.165, 1.54) is 4.88 Å². The van der Waals surface area contributed by atoms with Gasteiger partial charge in [-0.05, 0) is 6.92 Å². The van der Waals surface area contributed by atoms with Gasteiger partial charge >= 0.3 is 6.09 Å². The van der Waals surface area contributed by atoms with Gasteiger partial charge in [0, 0.05) is 31.1 Å². The Morgan fingerprint density at radius 3 is 3.24 bits per heavy atom. The molecule has 0 radical (unpaired) electrons. The second-order valence-corrected chi connectivity index (χ2v) is 5.46. The molecule has 2 aliphatic rings. The van der Waals surface area contributed by atoms with Crippen molar-refractivity contribution >= 4 is 17.4 Å². The fraction of sp³-hybridized carbons (Fsp3) is 0.636. The molecule has 3 rings (SSSR count). The van der Waals surface area contributed by atoms with Crippen LogP contribution in [0.1, 0.15) is 10.6 Å². The highest BCUT2D eigenvalue weighted by atomic mass is 32.1. The van der Waals surface area contributed by atoms with E-state index in [1.54, 1.807) is 11.3 Å². The summed E-state index contributed by atoms with van der Waals surface area (Å²) in [7, 11) is 0. The molecule has 6 heteroatoms. The van der Waals surface area contributed by atoms with Crippen LogP contribution >= 0.6 is 11.3 Å². The Hall–Kier alpha value is -1.14. The number of rotatable bonds is 2. The van der Waals surface area contributed by atoms with Crippen molar-refractivity contribution in [1.82, 2.24) is 14.8 Å². The number of piperazine rings is 1. The van der Waals surface area contributed by atoms with Gasteiger partial charge < -0.3 is 4.74 Å². The Kier molecular flexibility index (Phi) is 2.76. The van der Waals surface area contributed by atoms with Gasteiger partial charge in [-0.1, -0.05) is 0 Å². The van der Waals surface area contributed by atoms with E-state index >= 15 is 0 Å². The number of aromatic nitrogens is 1. The van der Waals surface area contributed by atoms with Crippen LogP contribution in [0.25, 0.3) is 0 Å². The van der Waals surface area contributed by atoms with Crippen LogP contribution in [0.3, 0.4) is 0 Å². The van der Waals surface area contributed by atoms with Gasteiger partial charge in [0.05, 0.1) is 17.2 Å². The first-order chi connectivity index (χ1) is 8.24. The van der Waals surface area contributed by atoms with E-state index in [0.717, 1.165) is 31.9 Å². The number of aryl methyl sites for hydroxylation is 1. The average Bonchev–Trinajstić information content (AvgIpc) is 2.87. The maximum absolute atomic E-state index is 11.4. The molecule has 1 aromatic heterocycles. The smallest absolute Gasteiger partial charge is 0.410 e. The van der Waals surface area contributed by atoms with E-state index in [0.29, 0.717) is 6.61 Å². The zero-order valence-electron chi connectivity index (χ0n) is 9.76. The molecule has 1 atom stereocenters. The second kappa shape index (κ2) is 4.27. The van der Waals surface area contributed by atoms with Gasteiger partial charge in [0.2, 0.25) is 0 Å². The fourth-order valence-electron chi connectivity index (χ4n) is 2.38. The molecule has 2 saturated heterocycles. The van der Waals surface area contributed by atoms with Crippen molar-refractivity contribution in [1.29, 1.82) is 0 Å². The molecule has 0 saturated carbocycles. The van der Waals surface area contributed by atoms with Gasteiger partial charge in [-0.25, -0.2) is 9.78 Å². The highest BCUT2D eigenvalue weighted by Gasteiger charge is 2.37. The van der Waals surface area contributed by atoms with Crippen LogP contribution in [0.15, 0.2) is 5.51 Å². The van der Waals surface area contributed by atoms with Crippen LogP contribution in [0.2, 0.25) is 0 Å². The van der Waals surface area contributed by atoms with Crippen LogP contribution in [0.4, 0.5) is 4.79 Å². The highest BCUT2D eigenvalue weighted by Crippen LogP contribution is 2.21. The average molecular weight is 253 g/mol. The first-order valence-corrected chi connectivity index (χ1v) is 6.66. The first kappa shape index (κ1) is 11.0. The summed E-state index contributed by atoms with van der Waals surface area (Å²) in [5.74, 6) is 0. The lowest BCUT2D eigenvalue weighted by Gasteiger charge is -2.35. The van der Waals surface area contributed by atoms with Crippen molar-refractivity contribution in [2.75, 3.05) is 26.2 Å². The SMILES string of the molecule is Cc1ncsc1CN1CCN2C(=O)OCC2C1. The minimum Gasteiger partial charge on any atom is -0.447 e. The third-order valence-electron chi connectivity index (χ3n) is 3.41. The molecule has 0 N–H and O–H groups in total. The molecule has 0 bridgehead atoms. The van der Waals surface area contributed by atoms with Crippen molar-refractivity contribution in [3.63, 3.8) is 0 Å². The van der Waals surface area contributed by atoms with Crippen molar-refractivity contribution in [2.24, 2.45) is 0 Å². The molecule has 2 aliphatic heterocycles. The number of nitrogens with zero attached hydrogens (tertiary/aromatic N) is 3. The van der Waals surface area contributed by atoms with E-state index in [1.807, 2.05) is 17.3 Å². The predicted molar refractivity (Wildman–Crippen MR) is 64.0 cm³/mol. The maximum Gasteiger partial charge on any atom is 0.410 e. The zero-order chi connectivity index (χ0) is 11.8. The van der Waals surface area contributed by atoms with Gasteiger partial charge in [-0.2, -0.15) is 0 Å². The van der Waals surface area contributed by atoms with Crippen LogP contribution in [0, 0.1) is 6.92 Å². The molecule has 5 nitrogen and oxygen atoms in total. The summed E-state index contributed by atoms with van der Waals surface area (Å²) < 4.78 is 5.06. The molecule has 1 amide bonds. The molecule has 0 aromatic carbocycles. The van der Waals surface area contributed by atoms with E-state index in [-0.39, 0.29) is 12.1 Å². The number of hydrogen-bond donors (Lipinski definition) is 0. The third-order valence-corrected chi connectivity index (χ3v) is 4.33. The Balaban J connectivity index is 1.64. The van der Waals surface area contributed by atoms with Crippen molar-refractivity contribution in [2.45, 2.75) is 19.5 Å². The Morgan fingerprint density at radius 1 is 1.59 bits per heavy atom. The van der Waals surface area contributed by atoms with E-state index < -0.39 is 0 Å². The van der Waals surface area contributed by atoms with Crippen LogP contribution < -0.4 is 0 Å². The minimum absolute atomic E-state index is 0.149. The maximum atomic E-state index is 11.4. The lowest BCUT2D eigenvalue weighted by atomic mass is 10.2. The molecule has 3 heterocycles. The first-order valence-electron chi connectivity index (χ1n) is 5.79. The number of fused-ring (bicyclic) bond motifs is 1. The normalized spacial score (nSPS) is 24.9. The summed E-state index contributed by atoms with van der Waals surface area (Å²) >= 11 is 1.70. The van der Waals surface area contributed by atoms with E-state index in [4.69, 9.17) is 4.74 Å². The molecule has 0 aliphatic carbocycles. The summed E-state index contributed by atoms with van der Waals surface area (Å²) in [6.07, 6.45) is -0.149. The number of carbonyl (C=O) groups is 1. The quantitative estimate of drug-likeness (QED) is 0.791. The summed E-state index contributed by atoms with van der Waals surface area (Å²) in [5.41, 5.74) is 3.01. The summed E-state index contributed by atoms with van der Waals surface area (Å²) in [6.45, 7) is 6.13. The van der Waals surface area contributed by atoms with Crippen LogP contribution in [0.5, 0.6) is 0 Å². The third kappa shape index (κ3) is 2.02. The molecular formula is C11H15N3O2S. The van der Waals surface area contributed by atoms with Gasteiger partial charge in [-0.15, -0.1) is 11.3 Å². The van der Waals surface area contributed by atoms with Crippen LogP contribution in [-0.2, 0) is 11.3 Å². The number of hydrogen-bond acceptors (Lipinski definition) is 5. The number of amides is 1. The van der Waals surface area contributed by atoms with Crippen molar-refractivity contribution in [3.8, 4) is 0 Å². The minimum atomic E-state index is -0.149. The molecule has 0 spiro atoms. The van der Waals surface area contributed by atoms with Crippen molar-refractivity contribution < 1.29 is 9.53 Å². The summed E-state index contributed by atoms with van der Waals surface area (Å²) in [4.78, 5) is 21.2. The number of thiazole rings is 1. The zero-order valence-corrected chi connectivity index (χ0v) is 10.6. The second-order valence-electron chi connectivity index (χ2n) is 4.52.